The number of carboxylic acids is 1. The molecule has 0 bridgehead atoms. The molecule has 1 atom stereocenters. The number of unbranched alkanes of at least 4 members (excludes halogenated alkanes) is 1. The van der Waals surface area contributed by atoms with Gasteiger partial charge in [-0.15, -0.1) is 0 Å². The van der Waals surface area contributed by atoms with Gasteiger partial charge in [0.15, 0.2) is 0 Å². The summed E-state index contributed by atoms with van der Waals surface area (Å²) in [5, 5.41) is 20.5. The molecule has 0 fully saturated rings. The Morgan fingerprint density at radius 1 is 0.833 bits per heavy atom. The summed E-state index contributed by atoms with van der Waals surface area (Å²) in [5.74, 6) is -0.499. The van der Waals surface area contributed by atoms with Crippen LogP contribution in [0.2, 0.25) is 0 Å². The quantitative estimate of drug-likeness (QED) is 0.138. The van der Waals surface area contributed by atoms with Crippen LogP contribution in [-0.4, -0.2) is 41.0 Å². The number of nitrogens with zero attached hydrogens (tertiary/aromatic N) is 1. The van der Waals surface area contributed by atoms with Crippen LogP contribution < -0.4 is 16.0 Å². The van der Waals surface area contributed by atoms with Crippen LogP contribution in [0.1, 0.15) is 62.6 Å². The first-order valence-corrected chi connectivity index (χ1v) is 14.4. The monoisotopic (exact) mass is 566 g/mol. The van der Waals surface area contributed by atoms with E-state index in [0.717, 1.165) is 28.8 Å². The van der Waals surface area contributed by atoms with Crippen LogP contribution in [0.15, 0.2) is 85.1 Å². The number of anilines is 1. The van der Waals surface area contributed by atoms with Crippen molar-refractivity contribution in [2.24, 2.45) is 0 Å². The number of hydrogen-bond acceptors (Lipinski definition) is 5. The van der Waals surface area contributed by atoms with E-state index in [0.29, 0.717) is 30.9 Å². The number of hydrogen-bond donors (Lipinski definition) is 4. The first-order chi connectivity index (χ1) is 20.3. The largest absolute Gasteiger partial charge is 0.481 e. The number of aromatic nitrogens is 1. The van der Waals surface area contributed by atoms with E-state index < -0.39 is 17.9 Å². The molecule has 0 spiro atoms. The number of carbonyl (C=O) groups excluding carboxylic acids is 2. The minimum Gasteiger partial charge on any atom is -0.481 e. The van der Waals surface area contributed by atoms with Crippen molar-refractivity contribution in [2.45, 2.75) is 51.5 Å². The van der Waals surface area contributed by atoms with E-state index in [1.807, 2.05) is 54.6 Å². The van der Waals surface area contributed by atoms with Crippen molar-refractivity contribution in [3.63, 3.8) is 0 Å². The number of pyridine rings is 1. The van der Waals surface area contributed by atoms with Crippen LogP contribution in [0.4, 0.5) is 5.82 Å². The van der Waals surface area contributed by atoms with E-state index in [1.54, 1.807) is 6.20 Å². The average molecular weight is 567 g/mol. The highest BCUT2D eigenvalue weighted by Crippen LogP contribution is 2.34. The molecule has 3 aromatic carbocycles. The smallest absolute Gasteiger partial charge is 0.305 e. The van der Waals surface area contributed by atoms with Gasteiger partial charge in [0, 0.05) is 19.2 Å². The maximum absolute atomic E-state index is 12.6. The zero-order chi connectivity index (χ0) is 29.9. The van der Waals surface area contributed by atoms with Crippen LogP contribution in [-0.2, 0) is 14.4 Å². The molecule has 42 heavy (non-hydrogen) atoms. The molecule has 1 heterocycles. The van der Waals surface area contributed by atoms with Gasteiger partial charge in [-0.05, 0) is 63.9 Å². The highest BCUT2D eigenvalue weighted by Gasteiger charge is 2.19. The third kappa shape index (κ3) is 8.39. The van der Waals surface area contributed by atoms with Crippen molar-refractivity contribution in [1.82, 2.24) is 15.6 Å². The van der Waals surface area contributed by atoms with Gasteiger partial charge in [0.25, 0.3) is 0 Å². The molecule has 1 aromatic heterocycles. The SMILES string of the molecule is CC(C)c1ccc(-c2ccc([C@H](CC(=O)O)NC(=O)CNC(=O)CCCCNc3ccccn3)cc2)c2ccccc12. The van der Waals surface area contributed by atoms with E-state index in [2.05, 4.69) is 59.0 Å². The molecule has 0 aliphatic carbocycles. The molecule has 0 saturated heterocycles. The molecule has 8 nitrogen and oxygen atoms in total. The second-order valence-corrected chi connectivity index (χ2v) is 10.6. The summed E-state index contributed by atoms with van der Waals surface area (Å²) in [4.78, 5) is 40.6. The van der Waals surface area contributed by atoms with Gasteiger partial charge in [0.05, 0.1) is 19.0 Å². The second-order valence-electron chi connectivity index (χ2n) is 10.6. The standard InChI is InChI=1S/C34H38N4O4/c1-23(2)26-17-18-27(29-10-4-3-9-28(26)29)24-13-15-25(16-14-24)30(21-34(41)42)38-33(40)22-37-32(39)12-6-8-20-36-31-11-5-7-19-35-31/h3-5,7,9-11,13-19,23,30H,6,8,12,20-22H2,1-2H3,(H,35,36)(H,37,39)(H,38,40)(H,41,42)/t30-/m0/s1. The van der Waals surface area contributed by atoms with Crippen LogP contribution >= 0.6 is 0 Å². The number of benzene rings is 3. The van der Waals surface area contributed by atoms with Gasteiger partial charge in [-0.2, -0.15) is 0 Å². The first kappa shape index (κ1) is 30.2. The Balaban J connectivity index is 1.32. The highest BCUT2D eigenvalue weighted by molar-refractivity contribution is 5.98. The van der Waals surface area contributed by atoms with Gasteiger partial charge in [-0.25, -0.2) is 4.98 Å². The normalized spacial score (nSPS) is 11.7. The maximum Gasteiger partial charge on any atom is 0.305 e. The van der Waals surface area contributed by atoms with Crippen LogP contribution in [0.5, 0.6) is 0 Å². The summed E-state index contributed by atoms with van der Waals surface area (Å²) >= 11 is 0. The first-order valence-electron chi connectivity index (χ1n) is 14.4. The zero-order valence-electron chi connectivity index (χ0n) is 24.1. The molecule has 4 aromatic rings. The minimum absolute atomic E-state index is 0.215. The molecule has 0 aliphatic heterocycles. The lowest BCUT2D eigenvalue weighted by Gasteiger charge is -2.19. The Morgan fingerprint density at radius 2 is 1.57 bits per heavy atom. The van der Waals surface area contributed by atoms with Crippen molar-refractivity contribution < 1.29 is 19.5 Å². The maximum atomic E-state index is 12.6. The van der Waals surface area contributed by atoms with Crippen LogP contribution in [0.25, 0.3) is 21.9 Å². The molecule has 0 aliphatic rings. The Bertz CT molecular complexity index is 1500. The third-order valence-electron chi connectivity index (χ3n) is 7.17. The van der Waals surface area contributed by atoms with Gasteiger partial charge in [-0.3, -0.25) is 14.4 Å². The molecule has 4 N–H and O–H groups in total. The number of fused-ring (bicyclic) bond motifs is 1. The molecule has 8 heteroatoms. The summed E-state index contributed by atoms with van der Waals surface area (Å²) in [6.07, 6.45) is 3.19. The third-order valence-corrected chi connectivity index (χ3v) is 7.17. The van der Waals surface area contributed by atoms with Crippen molar-refractivity contribution in [3.8, 4) is 11.1 Å². The number of aliphatic carboxylic acids is 1. The lowest BCUT2D eigenvalue weighted by molar-refractivity contribution is -0.138. The van der Waals surface area contributed by atoms with E-state index >= 15 is 0 Å². The summed E-state index contributed by atoms with van der Waals surface area (Å²) in [6, 6.07) is 25.1. The zero-order valence-corrected chi connectivity index (χ0v) is 24.1. The molecule has 0 unspecified atom stereocenters. The van der Waals surface area contributed by atoms with Gasteiger partial charge >= 0.3 is 5.97 Å². The van der Waals surface area contributed by atoms with Crippen molar-refractivity contribution in [2.75, 3.05) is 18.4 Å². The minimum atomic E-state index is -1.03. The molecule has 2 amide bonds. The van der Waals surface area contributed by atoms with Gasteiger partial charge < -0.3 is 21.1 Å². The summed E-state index contributed by atoms with van der Waals surface area (Å²) in [7, 11) is 0. The average Bonchev–Trinajstić information content (AvgIpc) is 2.99. The topological polar surface area (TPSA) is 120 Å². The van der Waals surface area contributed by atoms with Crippen LogP contribution in [0, 0.1) is 0 Å². The van der Waals surface area contributed by atoms with E-state index in [9.17, 15) is 19.5 Å². The Hall–Kier alpha value is -4.72. The number of rotatable bonds is 14. The number of carboxylic acid groups (broad SMARTS) is 1. The molecular formula is C34H38N4O4. The Kier molecular flexibility index (Phi) is 10.6. The Labute approximate surface area is 246 Å². The van der Waals surface area contributed by atoms with E-state index in [-0.39, 0.29) is 18.9 Å². The van der Waals surface area contributed by atoms with Crippen molar-refractivity contribution >= 4 is 34.4 Å². The lowest BCUT2D eigenvalue weighted by atomic mass is 9.90. The van der Waals surface area contributed by atoms with E-state index in [1.165, 1.54) is 10.9 Å². The van der Waals surface area contributed by atoms with Gasteiger partial charge in [0.1, 0.15) is 5.82 Å². The van der Waals surface area contributed by atoms with Crippen LogP contribution in [0.3, 0.4) is 0 Å². The second kappa shape index (κ2) is 14.8. The molecular weight excluding hydrogens is 528 g/mol. The highest BCUT2D eigenvalue weighted by atomic mass is 16.4. The van der Waals surface area contributed by atoms with Crippen molar-refractivity contribution in [3.05, 3.63) is 96.2 Å². The number of carbonyl (C=O) groups is 3. The fourth-order valence-corrected chi connectivity index (χ4v) is 5.01. The number of amides is 2. The summed E-state index contributed by atoms with van der Waals surface area (Å²) in [5.41, 5.74) is 4.08. The predicted octanol–water partition coefficient (Wildman–Crippen LogP) is 6.06. The fraction of sp³-hybridized carbons (Fsp3) is 0.294. The van der Waals surface area contributed by atoms with Crippen molar-refractivity contribution in [1.29, 1.82) is 0 Å². The summed E-state index contributed by atoms with van der Waals surface area (Å²) < 4.78 is 0. The predicted molar refractivity (Wildman–Crippen MR) is 166 cm³/mol. The van der Waals surface area contributed by atoms with Gasteiger partial charge in [0.2, 0.25) is 11.8 Å². The molecule has 4 rings (SSSR count). The van der Waals surface area contributed by atoms with E-state index in [4.69, 9.17) is 0 Å². The molecule has 0 saturated carbocycles. The summed E-state index contributed by atoms with van der Waals surface area (Å²) in [6.45, 7) is 4.85. The fourth-order valence-electron chi connectivity index (χ4n) is 5.01. The number of nitrogens with one attached hydrogen (secondary N) is 3. The van der Waals surface area contributed by atoms with Gasteiger partial charge in [-0.1, -0.05) is 80.6 Å². The molecule has 0 radical (unpaired) electrons. The Morgan fingerprint density at radius 3 is 2.26 bits per heavy atom. The molecule has 218 valence electrons. The lowest BCUT2D eigenvalue weighted by Crippen LogP contribution is -2.39.